The topological polar surface area (TPSA) is 65.1 Å². The highest BCUT2D eigenvalue weighted by molar-refractivity contribution is 5.70. The number of carbonyl (C=O) groups excluding carboxylic acids is 2. The molecule has 0 N–H and O–H groups in total. The van der Waals surface area contributed by atoms with Crippen molar-refractivity contribution in [1.82, 2.24) is 4.90 Å². The van der Waals surface area contributed by atoms with Crippen molar-refractivity contribution in [2.24, 2.45) is 0 Å². The van der Waals surface area contributed by atoms with Crippen LogP contribution < -0.4 is 0 Å². The molecule has 0 aliphatic carbocycles. The summed E-state index contributed by atoms with van der Waals surface area (Å²) in [6, 6.07) is 0.267. The van der Waals surface area contributed by atoms with Gasteiger partial charge in [0.05, 0.1) is 32.8 Å². The van der Waals surface area contributed by atoms with Crippen LogP contribution in [-0.4, -0.2) is 62.4 Å². The Morgan fingerprint density at radius 1 is 1.40 bits per heavy atom. The maximum absolute atomic E-state index is 11.4. The molecule has 0 amide bonds. The van der Waals surface area contributed by atoms with Crippen LogP contribution in [0.25, 0.3) is 0 Å². The Kier molecular flexibility index (Phi) is 7.54. The zero-order chi connectivity index (χ0) is 15.0. The highest BCUT2D eigenvalue weighted by Crippen LogP contribution is 2.15. The number of morpholine rings is 1. The van der Waals surface area contributed by atoms with Crippen molar-refractivity contribution in [1.29, 1.82) is 0 Å². The first-order valence-electron chi connectivity index (χ1n) is 7.14. The van der Waals surface area contributed by atoms with E-state index in [1.165, 1.54) is 7.11 Å². The predicted octanol–water partition coefficient (Wildman–Crippen LogP) is 0.982. The second kappa shape index (κ2) is 8.92. The van der Waals surface area contributed by atoms with Crippen molar-refractivity contribution < 1.29 is 23.8 Å². The monoisotopic (exact) mass is 287 g/mol. The first-order valence-corrected chi connectivity index (χ1v) is 7.14. The fourth-order valence-corrected chi connectivity index (χ4v) is 2.28. The molecule has 0 radical (unpaired) electrons. The Balaban J connectivity index is 2.34. The van der Waals surface area contributed by atoms with Gasteiger partial charge in [0.1, 0.15) is 0 Å². The number of rotatable bonds is 7. The van der Waals surface area contributed by atoms with Gasteiger partial charge in [0, 0.05) is 25.6 Å². The molecule has 0 aromatic carbocycles. The first kappa shape index (κ1) is 16.9. The van der Waals surface area contributed by atoms with Gasteiger partial charge >= 0.3 is 11.9 Å². The molecule has 1 rings (SSSR count). The zero-order valence-electron chi connectivity index (χ0n) is 12.6. The predicted molar refractivity (Wildman–Crippen MR) is 73.3 cm³/mol. The van der Waals surface area contributed by atoms with Crippen LogP contribution in [0.4, 0.5) is 0 Å². The molecule has 1 aliphatic rings. The van der Waals surface area contributed by atoms with Crippen molar-refractivity contribution >= 4 is 11.9 Å². The Hall–Kier alpha value is -1.14. The van der Waals surface area contributed by atoms with Gasteiger partial charge in [-0.25, -0.2) is 0 Å². The largest absolute Gasteiger partial charge is 0.469 e. The summed E-state index contributed by atoms with van der Waals surface area (Å²) in [4.78, 5) is 24.9. The average molecular weight is 287 g/mol. The molecule has 0 bridgehead atoms. The summed E-state index contributed by atoms with van der Waals surface area (Å²) in [7, 11) is 1.38. The minimum atomic E-state index is -0.254. The Morgan fingerprint density at radius 3 is 2.80 bits per heavy atom. The molecule has 6 nitrogen and oxygen atoms in total. The maximum atomic E-state index is 11.4. The maximum Gasteiger partial charge on any atom is 0.308 e. The number of methoxy groups -OCH3 is 1. The van der Waals surface area contributed by atoms with Crippen LogP contribution in [0.2, 0.25) is 0 Å². The molecule has 2 atom stereocenters. The van der Waals surface area contributed by atoms with Gasteiger partial charge in [-0.05, 0) is 20.3 Å². The number of ether oxygens (including phenoxy) is 3. The third-order valence-electron chi connectivity index (χ3n) is 3.49. The number of hydrogen-bond acceptors (Lipinski definition) is 6. The molecular formula is C14H25NO5. The molecule has 6 heteroatoms. The average Bonchev–Trinajstić information content (AvgIpc) is 2.45. The first-order chi connectivity index (χ1) is 9.56. The summed E-state index contributed by atoms with van der Waals surface area (Å²) in [5, 5.41) is 0. The van der Waals surface area contributed by atoms with Crippen LogP contribution in [0.1, 0.15) is 33.1 Å². The Morgan fingerprint density at radius 2 is 2.15 bits per heavy atom. The van der Waals surface area contributed by atoms with Gasteiger partial charge in [0.25, 0.3) is 0 Å². The van der Waals surface area contributed by atoms with Crippen molar-refractivity contribution in [3.8, 4) is 0 Å². The van der Waals surface area contributed by atoms with E-state index in [-0.39, 0.29) is 30.5 Å². The van der Waals surface area contributed by atoms with Crippen molar-refractivity contribution in [2.75, 3.05) is 33.4 Å². The normalized spacial score (nSPS) is 21.2. The SMILES string of the molecule is CCOC(=O)CC[C@H](C)N1CCO[C@@H](CC(=O)OC)C1. The van der Waals surface area contributed by atoms with Crippen LogP contribution in [0.15, 0.2) is 0 Å². The smallest absolute Gasteiger partial charge is 0.308 e. The Labute approximate surface area is 120 Å². The van der Waals surface area contributed by atoms with Gasteiger partial charge in [0.15, 0.2) is 0 Å². The van der Waals surface area contributed by atoms with E-state index < -0.39 is 0 Å². The van der Waals surface area contributed by atoms with Crippen molar-refractivity contribution in [2.45, 2.75) is 45.3 Å². The molecule has 1 saturated heterocycles. The van der Waals surface area contributed by atoms with Gasteiger partial charge in [0.2, 0.25) is 0 Å². The van der Waals surface area contributed by atoms with Crippen LogP contribution in [0.5, 0.6) is 0 Å². The highest BCUT2D eigenvalue weighted by Gasteiger charge is 2.26. The second-order valence-electron chi connectivity index (χ2n) is 4.96. The van der Waals surface area contributed by atoms with E-state index in [1.54, 1.807) is 6.92 Å². The highest BCUT2D eigenvalue weighted by atomic mass is 16.5. The summed E-state index contributed by atoms with van der Waals surface area (Å²) >= 11 is 0. The quantitative estimate of drug-likeness (QED) is 0.650. The minimum Gasteiger partial charge on any atom is -0.469 e. The van der Waals surface area contributed by atoms with Gasteiger partial charge in [-0.3, -0.25) is 14.5 Å². The lowest BCUT2D eigenvalue weighted by Crippen LogP contribution is -2.47. The third-order valence-corrected chi connectivity index (χ3v) is 3.49. The van der Waals surface area contributed by atoms with E-state index in [0.29, 0.717) is 26.2 Å². The lowest BCUT2D eigenvalue weighted by atomic mass is 10.1. The van der Waals surface area contributed by atoms with Crippen molar-refractivity contribution in [3.63, 3.8) is 0 Å². The number of carbonyl (C=O) groups is 2. The lowest BCUT2D eigenvalue weighted by Gasteiger charge is -2.36. The van der Waals surface area contributed by atoms with Gasteiger partial charge in [-0.2, -0.15) is 0 Å². The molecule has 0 aromatic rings. The summed E-state index contributed by atoms with van der Waals surface area (Å²) < 4.78 is 15.1. The second-order valence-corrected chi connectivity index (χ2v) is 4.96. The van der Waals surface area contributed by atoms with E-state index in [1.807, 2.05) is 0 Å². The van der Waals surface area contributed by atoms with Crippen LogP contribution in [-0.2, 0) is 23.8 Å². The summed E-state index contributed by atoms with van der Waals surface area (Å²) in [5.41, 5.74) is 0. The lowest BCUT2D eigenvalue weighted by molar-refractivity contribution is -0.146. The fraction of sp³-hybridized carbons (Fsp3) is 0.857. The molecule has 0 saturated carbocycles. The third kappa shape index (κ3) is 5.88. The summed E-state index contributed by atoms with van der Waals surface area (Å²) in [6.07, 6.45) is 1.33. The molecule has 0 unspecified atom stereocenters. The zero-order valence-corrected chi connectivity index (χ0v) is 12.6. The number of hydrogen-bond donors (Lipinski definition) is 0. The van der Waals surface area contributed by atoms with Gasteiger partial charge < -0.3 is 14.2 Å². The fourth-order valence-electron chi connectivity index (χ4n) is 2.28. The van der Waals surface area contributed by atoms with Crippen molar-refractivity contribution in [3.05, 3.63) is 0 Å². The van der Waals surface area contributed by atoms with E-state index in [9.17, 15) is 9.59 Å². The standard InChI is InChI=1S/C14H25NO5/c1-4-19-13(16)6-5-11(2)15-7-8-20-12(10-15)9-14(17)18-3/h11-12H,4-10H2,1-3H3/t11-,12-/m0/s1. The molecule has 0 aromatic heterocycles. The van der Waals surface area contributed by atoms with Gasteiger partial charge in [-0.1, -0.05) is 0 Å². The molecule has 0 spiro atoms. The van der Waals surface area contributed by atoms with E-state index in [4.69, 9.17) is 9.47 Å². The molecular weight excluding hydrogens is 262 g/mol. The summed E-state index contributed by atoms with van der Waals surface area (Å²) in [5.74, 6) is -0.408. The van der Waals surface area contributed by atoms with Crippen LogP contribution >= 0.6 is 0 Å². The molecule has 20 heavy (non-hydrogen) atoms. The number of esters is 2. The van der Waals surface area contributed by atoms with E-state index in [2.05, 4.69) is 16.6 Å². The van der Waals surface area contributed by atoms with Crippen LogP contribution in [0.3, 0.4) is 0 Å². The molecule has 1 heterocycles. The Bertz CT molecular complexity index is 321. The molecule has 116 valence electrons. The van der Waals surface area contributed by atoms with E-state index >= 15 is 0 Å². The summed E-state index contributed by atoms with van der Waals surface area (Å²) in [6.45, 7) is 6.43. The number of nitrogens with zero attached hydrogens (tertiary/aromatic N) is 1. The minimum absolute atomic E-state index is 0.124. The van der Waals surface area contributed by atoms with Crippen LogP contribution in [0, 0.1) is 0 Å². The molecule has 1 fully saturated rings. The van der Waals surface area contributed by atoms with E-state index in [0.717, 1.165) is 13.0 Å². The van der Waals surface area contributed by atoms with Gasteiger partial charge in [-0.15, -0.1) is 0 Å². The molecule has 1 aliphatic heterocycles.